The smallest absolute Gasteiger partial charge is 0.344 e. The summed E-state index contributed by atoms with van der Waals surface area (Å²) in [7, 11) is 0. The lowest BCUT2D eigenvalue weighted by Gasteiger charge is -2.17. The van der Waals surface area contributed by atoms with Gasteiger partial charge in [-0.2, -0.15) is 0 Å². The summed E-state index contributed by atoms with van der Waals surface area (Å²) in [6.45, 7) is 5.40. The fraction of sp³-hybridized carbons (Fsp3) is 0.368. The molecule has 0 unspecified atom stereocenters. The molecule has 128 valence electrons. The third kappa shape index (κ3) is 5.26. The van der Waals surface area contributed by atoms with E-state index < -0.39 is 5.97 Å². The number of amides is 1. The first kappa shape index (κ1) is 17.8. The van der Waals surface area contributed by atoms with E-state index in [1.54, 1.807) is 6.07 Å². The van der Waals surface area contributed by atoms with Crippen molar-refractivity contribution in [3.63, 3.8) is 0 Å². The summed E-state index contributed by atoms with van der Waals surface area (Å²) in [4.78, 5) is 23.3. The van der Waals surface area contributed by atoms with E-state index in [-0.39, 0.29) is 25.2 Å². The van der Waals surface area contributed by atoms with Crippen molar-refractivity contribution in [1.29, 1.82) is 0 Å². The Kier molecular flexibility index (Phi) is 6.18. The van der Waals surface area contributed by atoms with Gasteiger partial charge in [-0.05, 0) is 35.7 Å². The van der Waals surface area contributed by atoms with Crippen molar-refractivity contribution < 1.29 is 19.1 Å². The molecular formula is C19H23NO4. The summed E-state index contributed by atoms with van der Waals surface area (Å²) in [6, 6.07) is 13.5. The van der Waals surface area contributed by atoms with Crippen molar-refractivity contribution in [3.05, 3.63) is 42.5 Å². The summed E-state index contributed by atoms with van der Waals surface area (Å²) in [5.41, 5.74) is 0. The Morgan fingerprint density at radius 2 is 1.71 bits per heavy atom. The average molecular weight is 329 g/mol. The molecule has 5 nitrogen and oxygen atoms in total. The van der Waals surface area contributed by atoms with Crippen LogP contribution >= 0.6 is 0 Å². The first-order valence-corrected chi connectivity index (χ1v) is 8.02. The van der Waals surface area contributed by atoms with Gasteiger partial charge in [0.1, 0.15) is 5.75 Å². The Hall–Kier alpha value is -2.56. The van der Waals surface area contributed by atoms with Crippen molar-refractivity contribution >= 4 is 22.6 Å². The van der Waals surface area contributed by atoms with E-state index in [9.17, 15) is 9.59 Å². The Balaban J connectivity index is 1.77. The molecule has 24 heavy (non-hydrogen) atoms. The number of ether oxygens (including phenoxy) is 2. The molecule has 1 atom stereocenters. The molecule has 0 saturated carbocycles. The molecular weight excluding hydrogens is 306 g/mol. The lowest BCUT2D eigenvalue weighted by Crippen LogP contribution is -2.39. The monoisotopic (exact) mass is 329 g/mol. The first-order chi connectivity index (χ1) is 11.5. The Morgan fingerprint density at radius 1 is 1.00 bits per heavy atom. The molecule has 0 fully saturated rings. The van der Waals surface area contributed by atoms with E-state index in [1.807, 2.05) is 57.2 Å². The second kappa shape index (κ2) is 8.34. The number of hydrogen-bond acceptors (Lipinski definition) is 4. The van der Waals surface area contributed by atoms with Gasteiger partial charge in [0.25, 0.3) is 5.91 Å². The number of rotatable bonds is 7. The van der Waals surface area contributed by atoms with Gasteiger partial charge in [-0.3, -0.25) is 4.79 Å². The van der Waals surface area contributed by atoms with Crippen LogP contribution in [0.4, 0.5) is 0 Å². The first-order valence-electron chi connectivity index (χ1n) is 8.02. The van der Waals surface area contributed by atoms with Crippen molar-refractivity contribution in [2.45, 2.75) is 26.8 Å². The topological polar surface area (TPSA) is 64.6 Å². The SMILES string of the molecule is CC(C)[C@@H](C)NC(=O)COC(=O)COc1ccc2ccccc2c1. The van der Waals surface area contributed by atoms with E-state index >= 15 is 0 Å². The van der Waals surface area contributed by atoms with E-state index in [0.29, 0.717) is 11.7 Å². The number of benzene rings is 2. The van der Waals surface area contributed by atoms with Crippen LogP contribution in [0.15, 0.2) is 42.5 Å². The van der Waals surface area contributed by atoms with Gasteiger partial charge in [0, 0.05) is 6.04 Å². The van der Waals surface area contributed by atoms with Crippen LogP contribution in [0, 0.1) is 5.92 Å². The normalized spacial score (nSPS) is 12.0. The summed E-state index contributed by atoms with van der Waals surface area (Å²) < 4.78 is 10.3. The molecule has 2 aromatic rings. The third-order valence-corrected chi connectivity index (χ3v) is 3.83. The zero-order valence-electron chi connectivity index (χ0n) is 14.2. The highest BCUT2D eigenvalue weighted by molar-refractivity contribution is 5.84. The van der Waals surface area contributed by atoms with Gasteiger partial charge in [0.15, 0.2) is 13.2 Å². The molecule has 0 aromatic heterocycles. The average Bonchev–Trinajstić information content (AvgIpc) is 2.57. The minimum Gasteiger partial charge on any atom is -0.482 e. The van der Waals surface area contributed by atoms with E-state index in [1.165, 1.54) is 0 Å². The predicted octanol–water partition coefficient (Wildman–Crippen LogP) is 2.92. The van der Waals surface area contributed by atoms with Crippen molar-refractivity contribution in [2.24, 2.45) is 5.92 Å². The molecule has 1 amide bonds. The van der Waals surface area contributed by atoms with Gasteiger partial charge in [-0.15, -0.1) is 0 Å². The predicted molar refractivity (Wildman–Crippen MR) is 92.8 cm³/mol. The summed E-state index contributed by atoms with van der Waals surface area (Å²) in [5.74, 6) is 0.0233. The van der Waals surface area contributed by atoms with Crippen molar-refractivity contribution in [3.8, 4) is 5.75 Å². The fourth-order valence-electron chi connectivity index (χ4n) is 2.05. The highest BCUT2D eigenvalue weighted by Gasteiger charge is 2.13. The number of nitrogens with one attached hydrogen (secondary N) is 1. The quantitative estimate of drug-likeness (QED) is 0.793. The minimum atomic E-state index is -0.574. The van der Waals surface area contributed by atoms with Gasteiger partial charge in [0.2, 0.25) is 0 Å². The number of fused-ring (bicyclic) bond motifs is 1. The van der Waals surface area contributed by atoms with Gasteiger partial charge in [-0.25, -0.2) is 4.79 Å². The third-order valence-electron chi connectivity index (χ3n) is 3.83. The maximum absolute atomic E-state index is 11.7. The van der Waals surface area contributed by atoms with E-state index in [0.717, 1.165) is 10.8 Å². The van der Waals surface area contributed by atoms with Crippen LogP contribution in [0.5, 0.6) is 5.75 Å². The van der Waals surface area contributed by atoms with Crippen molar-refractivity contribution in [1.82, 2.24) is 5.32 Å². The lowest BCUT2D eigenvalue weighted by molar-refractivity contribution is -0.150. The second-order valence-electron chi connectivity index (χ2n) is 6.06. The molecule has 0 bridgehead atoms. The number of hydrogen-bond donors (Lipinski definition) is 1. The molecule has 0 aliphatic heterocycles. The fourth-order valence-corrected chi connectivity index (χ4v) is 2.05. The highest BCUT2D eigenvalue weighted by atomic mass is 16.6. The van der Waals surface area contributed by atoms with Gasteiger partial charge >= 0.3 is 5.97 Å². The van der Waals surface area contributed by atoms with Gasteiger partial charge in [0.05, 0.1) is 0 Å². The molecule has 1 N–H and O–H groups in total. The zero-order valence-corrected chi connectivity index (χ0v) is 14.2. The molecule has 2 aromatic carbocycles. The maximum atomic E-state index is 11.7. The summed E-state index contributed by atoms with van der Waals surface area (Å²) in [5, 5.41) is 4.90. The largest absolute Gasteiger partial charge is 0.482 e. The van der Waals surface area contributed by atoms with Crippen LogP contribution in [0.2, 0.25) is 0 Å². The van der Waals surface area contributed by atoms with Crippen LogP contribution in [-0.4, -0.2) is 31.1 Å². The van der Waals surface area contributed by atoms with Crippen molar-refractivity contribution in [2.75, 3.05) is 13.2 Å². The van der Waals surface area contributed by atoms with Crippen LogP contribution in [0.25, 0.3) is 10.8 Å². The van der Waals surface area contributed by atoms with Gasteiger partial charge < -0.3 is 14.8 Å². The Labute approximate surface area is 141 Å². The molecule has 0 aliphatic carbocycles. The van der Waals surface area contributed by atoms with Crippen LogP contribution < -0.4 is 10.1 Å². The molecule has 0 aliphatic rings. The van der Waals surface area contributed by atoms with E-state index in [4.69, 9.17) is 9.47 Å². The molecule has 5 heteroatoms. The minimum absolute atomic E-state index is 0.0325. The standard InChI is InChI=1S/C19H23NO4/c1-13(2)14(3)20-18(21)11-24-19(22)12-23-17-9-8-15-6-4-5-7-16(15)10-17/h4-10,13-14H,11-12H2,1-3H3,(H,20,21)/t14-/m1/s1. The second-order valence-corrected chi connectivity index (χ2v) is 6.06. The Bertz CT molecular complexity index is 711. The summed E-state index contributed by atoms with van der Waals surface area (Å²) in [6.07, 6.45) is 0. The molecule has 0 heterocycles. The van der Waals surface area contributed by atoms with Gasteiger partial charge in [-0.1, -0.05) is 44.2 Å². The molecule has 2 rings (SSSR count). The lowest BCUT2D eigenvalue weighted by atomic mass is 10.1. The highest BCUT2D eigenvalue weighted by Crippen LogP contribution is 2.20. The zero-order chi connectivity index (χ0) is 17.5. The Morgan fingerprint density at radius 3 is 2.42 bits per heavy atom. The van der Waals surface area contributed by atoms with Crippen LogP contribution in [0.1, 0.15) is 20.8 Å². The molecule has 0 spiro atoms. The van der Waals surface area contributed by atoms with E-state index in [2.05, 4.69) is 5.32 Å². The van der Waals surface area contributed by atoms with Crippen LogP contribution in [0.3, 0.4) is 0 Å². The molecule has 0 saturated heterocycles. The molecule has 0 radical (unpaired) electrons. The summed E-state index contributed by atoms with van der Waals surface area (Å²) >= 11 is 0. The van der Waals surface area contributed by atoms with Crippen LogP contribution in [-0.2, 0) is 14.3 Å². The maximum Gasteiger partial charge on any atom is 0.344 e. The number of carbonyl (C=O) groups is 2. The number of carbonyl (C=O) groups excluding carboxylic acids is 2. The number of esters is 1.